The molecule has 1 amide bonds. The van der Waals surface area contributed by atoms with Gasteiger partial charge in [-0.2, -0.15) is 0 Å². The first kappa shape index (κ1) is 15.0. The molecule has 22 heavy (non-hydrogen) atoms. The first-order valence-corrected chi connectivity index (χ1v) is 10.8. The molecule has 0 aromatic carbocycles. The molecule has 5 atom stereocenters. The summed E-state index contributed by atoms with van der Waals surface area (Å²) < 4.78 is 23.3. The van der Waals surface area contributed by atoms with Crippen LogP contribution in [0, 0.1) is 23.7 Å². The lowest BCUT2D eigenvalue weighted by molar-refractivity contribution is -0.135. The highest BCUT2D eigenvalue weighted by Crippen LogP contribution is 2.50. The number of nitrogens with zero attached hydrogens (tertiary/aromatic N) is 1. The number of hydrogen-bond donors (Lipinski definition) is 0. The highest BCUT2D eigenvalue weighted by atomic mass is 32.2. The van der Waals surface area contributed by atoms with E-state index in [-0.39, 0.29) is 23.3 Å². The van der Waals surface area contributed by atoms with Crippen molar-refractivity contribution in [3.8, 4) is 0 Å². The number of carbonyl (C=O) groups is 1. The fraction of sp³-hybridized carbons (Fsp3) is 0.941. The van der Waals surface area contributed by atoms with Crippen LogP contribution in [0.4, 0.5) is 0 Å². The summed E-state index contributed by atoms with van der Waals surface area (Å²) in [4.78, 5) is 14.8. The van der Waals surface area contributed by atoms with Crippen LogP contribution in [-0.4, -0.2) is 43.3 Å². The van der Waals surface area contributed by atoms with Gasteiger partial charge in [0.05, 0.1) is 17.4 Å². The summed E-state index contributed by atoms with van der Waals surface area (Å²) in [6.07, 6.45) is 9.55. The summed E-state index contributed by atoms with van der Waals surface area (Å²) in [6, 6.07) is 0.389. The van der Waals surface area contributed by atoms with Gasteiger partial charge in [-0.1, -0.05) is 6.42 Å². The van der Waals surface area contributed by atoms with Crippen LogP contribution in [0.15, 0.2) is 0 Å². The van der Waals surface area contributed by atoms with E-state index in [1.807, 2.05) is 0 Å². The van der Waals surface area contributed by atoms with Crippen LogP contribution in [0.3, 0.4) is 0 Å². The van der Waals surface area contributed by atoms with Gasteiger partial charge in [-0.25, -0.2) is 8.42 Å². The fourth-order valence-electron chi connectivity index (χ4n) is 5.61. The number of amides is 1. The SMILES string of the molecule is O=C([C@@H]1CCS(=O)(=O)C1)N1CCC[C@@H]1C[C@H]1C[C@H]2CC[C@H]1C2. The smallest absolute Gasteiger partial charge is 0.226 e. The molecule has 5 heteroatoms. The Morgan fingerprint density at radius 1 is 1.09 bits per heavy atom. The maximum Gasteiger partial charge on any atom is 0.226 e. The van der Waals surface area contributed by atoms with E-state index in [2.05, 4.69) is 4.90 Å². The van der Waals surface area contributed by atoms with E-state index in [1.165, 1.54) is 32.1 Å². The molecule has 2 bridgehead atoms. The van der Waals surface area contributed by atoms with Gasteiger partial charge in [0.1, 0.15) is 0 Å². The highest BCUT2D eigenvalue weighted by Gasteiger charge is 2.43. The second-order valence-electron chi connectivity index (χ2n) is 8.10. The van der Waals surface area contributed by atoms with Crippen LogP contribution in [0.5, 0.6) is 0 Å². The number of likely N-dealkylation sites (tertiary alicyclic amines) is 1. The Hall–Kier alpha value is -0.580. The third kappa shape index (κ3) is 2.70. The van der Waals surface area contributed by atoms with E-state index in [0.717, 1.165) is 37.1 Å². The van der Waals surface area contributed by atoms with Gasteiger partial charge < -0.3 is 4.90 Å². The van der Waals surface area contributed by atoms with Gasteiger partial charge in [0, 0.05) is 12.6 Å². The third-order valence-electron chi connectivity index (χ3n) is 6.70. The number of rotatable bonds is 3. The zero-order valence-electron chi connectivity index (χ0n) is 13.2. The van der Waals surface area contributed by atoms with Crippen molar-refractivity contribution in [2.75, 3.05) is 18.1 Å². The average molecular weight is 325 g/mol. The molecule has 0 radical (unpaired) electrons. The second-order valence-corrected chi connectivity index (χ2v) is 10.3. The Labute approximate surface area is 133 Å². The maximum atomic E-state index is 12.7. The summed E-state index contributed by atoms with van der Waals surface area (Å²) in [5.41, 5.74) is 0. The average Bonchev–Trinajstić information content (AvgIpc) is 3.21. The van der Waals surface area contributed by atoms with Crippen LogP contribution >= 0.6 is 0 Å². The quantitative estimate of drug-likeness (QED) is 0.799. The molecule has 2 aliphatic heterocycles. The molecule has 0 aromatic rings. The standard InChI is InChI=1S/C17H27NO3S/c19-17(14-5-7-22(20,21)11-14)18-6-1-2-16(18)10-15-9-12-3-4-13(15)8-12/h12-16H,1-11H2/t12-,13-,14+,15+,16+/m0/s1. The Bertz CT molecular complexity index is 558. The lowest BCUT2D eigenvalue weighted by atomic mass is 9.83. The first-order valence-electron chi connectivity index (χ1n) is 9.03. The molecule has 4 aliphatic rings. The molecule has 2 saturated carbocycles. The number of sulfone groups is 1. The third-order valence-corrected chi connectivity index (χ3v) is 8.47. The Morgan fingerprint density at radius 3 is 2.59 bits per heavy atom. The minimum atomic E-state index is -2.96. The summed E-state index contributed by atoms with van der Waals surface area (Å²) in [6.45, 7) is 0.848. The molecule has 0 unspecified atom stereocenters. The predicted octanol–water partition coefficient (Wildman–Crippen LogP) is 2.24. The van der Waals surface area contributed by atoms with Crippen molar-refractivity contribution >= 4 is 15.7 Å². The molecule has 2 aliphatic carbocycles. The van der Waals surface area contributed by atoms with Crippen LogP contribution in [0.25, 0.3) is 0 Å². The summed E-state index contributed by atoms with van der Waals surface area (Å²) >= 11 is 0. The van der Waals surface area contributed by atoms with E-state index >= 15 is 0 Å². The van der Waals surface area contributed by atoms with Gasteiger partial charge in [-0.3, -0.25) is 4.79 Å². The molecule has 0 aromatic heterocycles. The Balaban J connectivity index is 1.39. The van der Waals surface area contributed by atoms with Gasteiger partial charge >= 0.3 is 0 Å². The molecular weight excluding hydrogens is 298 g/mol. The van der Waals surface area contributed by atoms with Gasteiger partial charge in [0.15, 0.2) is 9.84 Å². The monoisotopic (exact) mass is 325 g/mol. The normalized spacial score (nSPS) is 43.1. The second kappa shape index (κ2) is 5.50. The zero-order chi connectivity index (χ0) is 15.3. The summed E-state index contributed by atoms with van der Waals surface area (Å²) in [5.74, 6) is 2.86. The zero-order valence-corrected chi connectivity index (χ0v) is 14.1. The van der Waals surface area contributed by atoms with Gasteiger partial charge in [-0.05, 0) is 62.7 Å². The van der Waals surface area contributed by atoms with Crippen molar-refractivity contribution in [1.29, 1.82) is 0 Å². The minimum Gasteiger partial charge on any atom is -0.339 e. The molecule has 4 rings (SSSR count). The Kier molecular flexibility index (Phi) is 3.74. The van der Waals surface area contributed by atoms with Crippen molar-refractivity contribution in [2.24, 2.45) is 23.7 Å². The molecule has 2 saturated heterocycles. The minimum absolute atomic E-state index is 0.0865. The first-order chi connectivity index (χ1) is 10.5. The van der Waals surface area contributed by atoms with E-state index in [4.69, 9.17) is 0 Å². The fourth-order valence-corrected chi connectivity index (χ4v) is 7.34. The molecule has 124 valence electrons. The topological polar surface area (TPSA) is 54.5 Å². The lowest BCUT2D eigenvalue weighted by Gasteiger charge is -2.31. The van der Waals surface area contributed by atoms with Crippen LogP contribution in [-0.2, 0) is 14.6 Å². The van der Waals surface area contributed by atoms with Crippen LogP contribution in [0.1, 0.15) is 51.4 Å². The van der Waals surface area contributed by atoms with E-state index < -0.39 is 9.84 Å². The van der Waals surface area contributed by atoms with Crippen molar-refractivity contribution in [3.63, 3.8) is 0 Å². The summed E-state index contributed by atoms with van der Waals surface area (Å²) in [5, 5.41) is 0. The number of carbonyl (C=O) groups excluding carboxylic acids is 1. The predicted molar refractivity (Wildman–Crippen MR) is 85.1 cm³/mol. The summed E-state index contributed by atoms with van der Waals surface area (Å²) in [7, 11) is -2.96. The highest BCUT2D eigenvalue weighted by molar-refractivity contribution is 7.91. The van der Waals surface area contributed by atoms with Crippen molar-refractivity contribution < 1.29 is 13.2 Å². The van der Waals surface area contributed by atoms with E-state index in [1.54, 1.807) is 0 Å². The van der Waals surface area contributed by atoms with Crippen molar-refractivity contribution in [1.82, 2.24) is 4.90 Å². The molecule has 2 heterocycles. The van der Waals surface area contributed by atoms with Gasteiger partial charge in [-0.15, -0.1) is 0 Å². The van der Waals surface area contributed by atoms with Crippen molar-refractivity contribution in [3.05, 3.63) is 0 Å². The van der Waals surface area contributed by atoms with Crippen LogP contribution < -0.4 is 0 Å². The van der Waals surface area contributed by atoms with Crippen LogP contribution in [0.2, 0.25) is 0 Å². The van der Waals surface area contributed by atoms with Gasteiger partial charge in [0.25, 0.3) is 0 Å². The van der Waals surface area contributed by atoms with Gasteiger partial charge in [0.2, 0.25) is 5.91 Å². The molecule has 4 fully saturated rings. The largest absolute Gasteiger partial charge is 0.339 e. The molecular formula is C17H27NO3S. The Morgan fingerprint density at radius 2 is 1.95 bits per heavy atom. The lowest BCUT2D eigenvalue weighted by Crippen LogP contribution is -2.41. The molecule has 4 nitrogen and oxygen atoms in total. The van der Waals surface area contributed by atoms with Crippen molar-refractivity contribution in [2.45, 2.75) is 57.4 Å². The van der Waals surface area contributed by atoms with E-state index in [0.29, 0.717) is 12.5 Å². The molecule has 0 spiro atoms. The number of fused-ring (bicyclic) bond motifs is 2. The maximum absolute atomic E-state index is 12.7. The number of hydrogen-bond acceptors (Lipinski definition) is 3. The van der Waals surface area contributed by atoms with E-state index in [9.17, 15) is 13.2 Å². The molecule has 0 N–H and O–H groups in total.